The van der Waals surface area contributed by atoms with Gasteiger partial charge in [-0.05, 0) is 23.6 Å². The van der Waals surface area contributed by atoms with Crippen LogP contribution in [0, 0.1) is 0 Å². The fourth-order valence-corrected chi connectivity index (χ4v) is 2.09. The minimum atomic E-state index is 0.402. The zero-order valence-corrected chi connectivity index (χ0v) is 10.4. The lowest BCUT2D eigenvalue weighted by Gasteiger charge is -2.10. The number of rotatable bonds is 2. The average molecular weight is 238 g/mol. The van der Waals surface area contributed by atoms with Gasteiger partial charge < -0.3 is 4.98 Å². The molecule has 0 aliphatic rings. The van der Waals surface area contributed by atoms with Gasteiger partial charge in [0.2, 0.25) is 0 Å². The first-order valence-corrected chi connectivity index (χ1v) is 5.99. The van der Waals surface area contributed by atoms with E-state index in [4.69, 9.17) is 0 Å². The second-order valence-corrected chi connectivity index (χ2v) is 4.62. The van der Waals surface area contributed by atoms with Crippen LogP contribution in [0.25, 0.3) is 22.3 Å². The van der Waals surface area contributed by atoms with Gasteiger partial charge in [0.15, 0.2) is 0 Å². The summed E-state index contributed by atoms with van der Waals surface area (Å²) >= 11 is 0. The number of hydrogen-bond acceptors (Lipinski definition) is 3. The van der Waals surface area contributed by atoms with Crippen LogP contribution < -0.4 is 0 Å². The van der Waals surface area contributed by atoms with Crippen molar-refractivity contribution in [2.24, 2.45) is 0 Å². The third-order valence-corrected chi connectivity index (χ3v) is 3.06. The van der Waals surface area contributed by atoms with Gasteiger partial charge >= 0.3 is 0 Å². The van der Waals surface area contributed by atoms with Gasteiger partial charge in [0.1, 0.15) is 6.33 Å². The first-order chi connectivity index (χ1) is 8.75. The maximum Gasteiger partial charge on any atom is 0.116 e. The van der Waals surface area contributed by atoms with E-state index in [-0.39, 0.29) is 0 Å². The maximum atomic E-state index is 4.42. The standard InChI is InChI=1S/C14H14N4/c1-9(2)11-6-15-7-18-14(11)10-3-4-12-13(5-10)17-8-16-12/h3-9H,1-2H3,(H,16,17). The van der Waals surface area contributed by atoms with Crippen LogP contribution in [0.5, 0.6) is 0 Å². The molecule has 0 amide bonds. The molecule has 0 aliphatic heterocycles. The van der Waals surface area contributed by atoms with E-state index in [0.29, 0.717) is 5.92 Å². The molecular weight excluding hydrogens is 224 g/mol. The fraction of sp³-hybridized carbons (Fsp3) is 0.214. The summed E-state index contributed by atoms with van der Waals surface area (Å²) in [7, 11) is 0. The highest BCUT2D eigenvalue weighted by molar-refractivity contribution is 5.81. The molecule has 0 atom stereocenters. The fourth-order valence-electron chi connectivity index (χ4n) is 2.09. The summed E-state index contributed by atoms with van der Waals surface area (Å²) in [6.45, 7) is 4.30. The molecule has 3 aromatic rings. The van der Waals surface area contributed by atoms with E-state index >= 15 is 0 Å². The smallest absolute Gasteiger partial charge is 0.116 e. The van der Waals surface area contributed by atoms with E-state index in [9.17, 15) is 0 Å². The second kappa shape index (κ2) is 4.22. The SMILES string of the molecule is CC(C)c1cncnc1-c1ccc2nc[nH]c2c1. The summed E-state index contributed by atoms with van der Waals surface area (Å²) in [6, 6.07) is 6.14. The number of nitrogens with zero attached hydrogens (tertiary/aromatic N) is 3. The van der Waals surface area contributed by atoms with Crippen molar-refractivity contribution in [3.8, 4) is 11.3 Å². The molecule has 0 saturated carbocycles. The second-order valence-electron chi connectivity index (χ2n) is 4.62. The lowest BCUT2D eigenvalue weighted by molar-refractivity contribution is 0.849. The number of aromatic nitrogens is 4. The Labute approximate surface area is 105 Å². The largest absolute Gasteiger partial charge is 0.345 e. The van der Waals surface area contributed by atoms with Gasteiger partial charge in [-0.15, -0.1) is 0 Å². The molecule has 0 aliphatic carbocycles. The molecule has 1 aromatic carbocycles. The van der Waals surface area contributed by atoms with E-state index in [2.05, 4.69) is 45.9 Å². The van der Waals surface area contributed by atoms with Crippen LogP contribution in [0.1, 0.15) is 25.3 Å². The predicted molar refractivity (Wildman–Crippen MR) is 71.2 cm³/mol. The van der Waals surface area contributed by atoms with Crippen LogP contribution in [0.15, 0.2) is 37.1 Å². The molecule has 0 saturated heterocycles. The lowest BCUT2D eigenvalue weighted by atomic mass is 9.98. The Morgan fingerprint density at radius 3 is 2.89 bits per heavy atom. The van der Waals surface area contributed by atoms with Crippen molar-refractivity contribution in [2.75, 3.05) is 0 Å². The topological polar surface area (TPSA) is 54.5 Å². The molecule has 4 nitrogen and oxygen atoms in total. The summed E-state index contributed by atoms with van der Waals surface area (Å²) in [6.07, 6.45) is 5.19. The number of aromatic amines is 1. The first-order valence-electron chi connectivity index (χ1n) is 5.99. The number of hydrogen-bond donors (Lipinski definition) is 1. The minimum absolute atomic E-state index is 0.402. The number of fused-ring (bicyclic) bond motifs is 1. The quantitative estimate of drug-likeness (QED) is 0.746. The van der Waals surface area contributed by atoms with Crippen LogP contribution in [0.2, 0.25) is 0 Å². The predicted octanol–water partition coefficient (Wildman–Crippen LogP) is 3.14. The molecule has 2 heterocycles. The molecule has 4 heteroatoms. The van der Waals surface area contributed by atoms with Crippen molar-refractivity contribution >= 4 is 11.0 Å². The van der Waals surface area contributed by atoms with Crippen molar-refractivity contribution in [3.63, 3.8) is 0 Å². The molecule has 1 N–H and O–H groups in total. The van der Waals surface area contributed by atoms with Gasteiger partial charge in [-0.2, -0.15) is 0 Å². The summed E-state index contributed by atoms with van der Waals surface area (Å²) in [4.78, 5) is 15.9. The van der Waals surface area contributed by atoms with Gasteiger partial charge in [0, 0.05) is 11.8 Å². The summed E-state index contributed by atoms with van der Waals surface area (Å²) in [5, 5.41) is 0. The van der Waals surface area contributed by atoms with Gasteiger partial charge in [0.25, 0.3) is 0 Å². The van der Waals surface area contributed by atoms with Crippen molar-refractivity contribution in [2.45, 2.75) is 19.8 Å². The number of benzene rings is 1. The molecule has 90 valence electrons. The maximum absolute atomic E-state index is 4.42. The van der Waals surface area contributed by atoms with Crippen molar-refractivity contribution in [1.82, 2.24) is 19.9 Å². The molecule has 0 unspecified atom stereocenters. The molecule has 2 aromatic heterocycles. The Balaban J connectivity index is 2.19. The van der Waals surface area contributed by atoms with Crippen molar-refractivity contribution in [3.05, 3.63) is 42.6 Å². The Bertz CT molecular complexity index is 685. The van der Waals surface area contributed by atoms with Crippen LogP contribution in [-0.2, 0) is 0 Å². The number of H-pyrrole nitrogens is 1. The van der Waals surface area contributed by atoms with E-state index < -0.39 is 0 Å². The highest BCUT2D eigenvalue weighted by Crippen LogP contribution is 2.27. The van der Waals surface area contributed by atoms with Crippen LogP contribution >= 0.6 is 0 Å². The summed E-state index contributed by atoms with van der Waals surface area (Å²) in [5.74, 6) is 0.402. The van der Waals surface area contributed by atoms with Gasteiger partial charge in [0.05, 0.1) is 23.1 Å². The highest BCUT2D eigenvalue weighted by Gasteiger charge is 2.10. The summed E-state index contributed by atoms with van der Waals surface area (Å²) < 4.78 is 0. The molecule has 18 heavy (non-hydrogen) atoms. The first kappa shape index (κ1) is 10.9. The third kappa shape index (κ3) is 1.76. The van der Waals surface area contributed by atoms with Crippen LogP contribution in [0.3, 0.4) is 0 Å². The Kier molecular flexibility index (Phi) is 2.55. The molecule has 3 rings (SSSR count). The molecule has 0 spiro atoms. The molecule has 0 radical (unpaired) electrons. The average Bonchev–Trinajstić information content (AvgIpc) is 2.85. The molecule has 0 fully saturated rings. The van der Waals surface area contributed by atoms with Crippen molar-refractivity contribution in [1.29, 1.82) is 0 Å². The van der Waals surface area contributed by atoms with Gasteiger partial charge in [-0.25, -0.2) is 15.0 Å². The Morgan fingerprint density at radius 1 is 1.17 bits per heavy atom. The number of nitrogens with one attached hydrogen (secondary N) is 1. The van der Waals surface area contributed by atoms with Crippen molar-refractivity contribution < 1.29 is 0 Å². The van der Waals surface area contributed by atoms with Gasteiger partial charge in [-0.1, -0.05) is 19.9 Å². The van der Waals surface area contributed by atoms with E-state index in [1.807, 2.05) is 12.3 Å². The summed E-state index contributed by atoms with van der Waals surface area (Å²) in [5.41, 5.74) is 5.26. The zero-order valence-electron chi connectivity index (χ0n) is 10.4. The van der Waals surface area contributed by atoms with Gasteiger partial charge in [-0.3, -0.25) is 0 Å². The Hall–Kier alpha value is -2.23. The molecule has 0 bridgehead atoms. The minimum Gasteiger partial charge on any atom is -0.345 e. The highest BCUT2D eigenvalue weighted by atomic mass is 14.9. The number of imidazole rings is 1. The zero-order chi connectivity index (χ0) is 12.5. The normalized spacial score (nSPS) is 11.3. The van der Waals surface area contributed by atoms with E-state index in [0.717, 1.165) is 27.9 Å². The van der Waals surface area contributed by atoms with E-state index in [1.165, 1.54) is 0 Å². The molecular formula is C14H14N4. The third-order valence-electron chi connectivity index (χ3n) is 3.06. The van der Waals surface area contributed by atoms with Crippen LogP contribution in [-0.4, -0.2) is 19.9 Å². The monoisotopic (exact) mass is 238 g/mol. The lowest BCUT2D eigenvalue weighted by Crippen LogP contribution is -1.96. The van der Waals surface area contributed by atoms with E-state index in [1.54, 1.807) is 12.7 Å². The van der Waals surface area contributed by atoms with Crippen LogP contribution in [0.4, 0.5) is 0 Å². The Morgan fingerprint density at radius 2 is 2.06 bits per heavy atom.